The predicted octanol–water partition coefficient (Wildman–Crippen LogP) is 6.04. The first-order valence-corrected chi connectivity index (χ1v) is 39.1. The van der Waals surface area contributed by atoms with E-state index in [-0.39, 0.29) is 111 Å². The molecule has 586 valence electrons. The monoisotopic (exact) mass is 1540 g/mol. The molecular weight excluding hydrogens is 1460 g/mol. The quantitative estimate of drug-likeness (QED) is 0.0593. The topological polar surface area (TPSA) is 472 Å². The summed E-state index contributed by atoms with van der Waals surface area (Å²) in [6.07, 6.45) is -5.03. The molecule has 9 aromatic heterocycles. The first-order chi connectivity index (χ1) is 54.7. The molecule has 11 aromatic rings. The van der Waals surface area contributed by atoms with Crippen molar-refractivity contribution in [1.82, 2.24) is 110 Å². The molecule has 2 saturated heterocycles. The van der Waals surface area contributed by atoms with Gasteiger partial charge in [0.2, 0.25) is 0 Å². The lowest BCUT2D eigenvalue weighted by atomic mass is 9.70. The number of rotatable bonds is 14. The molecule has 6 aliphatic carbocycles. The minimum atomic E-state index is -1.59. The Balaban J connectivity index is 0.742. The molecule has 6 unspecified atom stereocenters. The number of aliphatic hydroxyl groups excluding tert-OH is 8. The fourth-order valence-electron chi connectivity index (χ4n) is 20.2. The molecule has 34 heteroatoms. The van der Waals surface area contributed by atoms with E-state index in [0.29, 0.717) is 101 Å². The van der Waals surface area contributed by atoms with Crippen molar-refractivity contribution in [3.8, 4) is 91.1 Å². The summed E-state index contributed by atoms with van der Waals surface area (Å²) < 4.78 is 25.8. The largest absolute Gasteiger partial charge is 0.394 e. The molecule has 14 bridgehead atoms. The van der Waals surface area contributed by atoms with Gasteiger partial charge in [0.05, 0.1) is 97.5 Å². The van der Waals surface area contributed by atoms with Gasteiger partial charge >= 0.3 is 0 Å². The van der Waals surface area contributed by atoms with Crippen molar-refractivity contribution in [2.24, 2.45) is 16.2 Å². The molecular formula is C80H84N22O12. The van der Waals surface area contributed by atoms with Gasteiger partial charge in [-0.3, -0.25) is 0 Å². The number of hydrogen-bond acceptors (Lipinski definition) is 30. The van der Waals surface area contributed by atoms with Crippen LogP contribution in [0.3, 0.4) is 0 Å². The molecule has 3 saturated carbocycles. The van der Waals surface area contributed by atoms with Crippen molar-refractivity contribution in [2.45, 2.75) is 209 Å². The van der Waals surface area contributed by atoms with Crippen LogP contribution in [0.25, 0.3) is 136 Å². The Kier molecular flexibility index (Phi) is 15.7. The van der Waals surface area contributed by atoms with Crippen molar-refractivity contribution in [3.05, 3.63) is 95.1 Å². The Hall–Kier alpha value is -10.1. The number of nitrogens with zero attached hydrogens (tertiary/aromatic N) is 20. The van der Waals surface area contributed by atoms with Crippen molar-refractivity contribution < 1.29 is 59.8 Å². The number of aliphatic hydroxyl groups is 8. The van der Waals surface area contributed by atoms with Crippen LogP contribution in [-0.2, 0) is 48.3 Å². The molecule has 0 spiro atoms. The van der Waals surface area contributed by atoms with Gasteiger partial charge in [0.1, 0.15) is 105 Å². The maximum Gasteiger partial charge on any atom is 0.186 e. The van der Waals surface area contributed by atoms with Crippen LogP contribution < -0.4 is 0 Å². The van der Waals surface area contributed by atoms with E-state index in [2.05, 4.69) is 92.9 Å². The number of nitrogens with one attached hydrogen (secondary N) is 2. The standard InChI is InChI=1S/C80H84N22O12/c1-75(2)36-18-21-78(75,7)62-45(36)83-50-53(86-62)71-92-67(50)90-65-48-49(66(89-65)91-70-54-51(84-46-37-19-22-79(8,63(46)87-54)76(37,3)4)68(93-70)95-72-55-52(69(94-71)96-72)85-47-38-20-23-80(9,64(47)88-55)77(38,5)6)82-44(35-16-12-33(13-17-35)40-29-102(100-98-40)25-27-112-74-61(110)59(108)57(106)42(31-104)114-74)43(81-48)34-14-10-32(11-15-34)39-28-101(99-97-39)24-26-111-73-60(109)58(107)56(105)41(30-103)113-73/h10-17,28-29,36-38,41-42,56-61,73-74,103-110H,18-27,30-31H2,1-9H3,(H2,89,90,91,92,93,94,95,96)/t36?,37?,38?,41-,42-,56-,57-,58+,59+,60-,61-,73-,74-,78?,79?,80?/m1/s1. The van der Waals surface area contributed by atoms with Gasteiger partial charge in [-0.25, -0.2) is 79.1 Å². The van der Waals surface area contributed by atoms with Gasteiger partial charge in [0, 0.05) is 56.3 Å². The molecule has 13 heterocycles. The number of aromatic nitrogens is 22. The van der Waals surface area contributed by atoms with Crippen LogP contribution in [0.2, 0.25) is 0 Å². The molecule has 21 rings (SSSR count). The lowest BCUT2D eigenvalue weighted by Gasteiger charge is -2.39. The summed E-state index contributed by atoms with van der Waals surface area (Å²) in [5.41, 5.74) is 13.8. The third-order valence-corrected chi connectivity index (χ3v) is 28.3. The Bertz CT molecular complexity index is 6050. The van der Waals surface area contributed by atoms with E-state index in [0.717, 1.165) is 72.7 Å². The second-order valence-electron chi connectivity index (χ2n) is 34.7. The zero-order valence-corrected chi connectivity index (χ0v) is 63.9. The Labute approximate surface area is 649 Å². The normalized spacial score (nSPS) is 30.0. The van der Waals surface area contributed by atoms with E-state index < -0.39 is 74.6 Å². The zero-order valence-electron chi connectivity index (χ0n) is 63.9. The number of benzene rings is 2. The van der Waals surface area contributed by atoms with Crippen LogP contribution >= 0.6 is 0 Å². The number of ether oxygens (including phenoxy) is 4. The second-order valence-corrected chi connectivity index (χ2v) is 34.7. The van der Waals surface area contributed by atoms with E-state index in [9.17, 15) is 40.9 Å². The molecule has 0 radical (unpaired) electrons. The van der Waals surface area contributed by atoms with Gasteiger partial charge in [-0.05, 0) is 54.8 Å². The molecule has 10 aliphatic rings. The molecule has 5 fully saturated rings. The Morgan fingerprint density at radius 1 is 0.386 bits per heavy atom. The van der Waals surface area contributed by atoms with Crippen molar-refractivity contribution in [2.75, 3.05) is 26.4 Å². The summed E-state index contributed by atoms with van der Waals surface area (Å²) in [7, 11) is 0. The molecule has 2 aromatic carbocycles. The highest BCUT2D eigenvalue weighted by Gasteiger charge is 2.65. The van der Waals surface area contributed by atoms with Crippen LogP contribution in [0, 0.1) is 16.2 Å². The summed E-state index contributed by atoms with van der Waals surface area (Å²) in [4.78, 5) is 84.8. The molecule has 10 N–H and O–H groups in total. The van der Waals surface area contributed by atoms with Gasteiger partial charge in [-0.2, -0.15) is 0 Å². The summed E-state index contributed by atoms with van der Waals surface area (Å²) in [6.45, 7) is 19.9. The smallest absolute Gasteiger partial charge is 0.186 e. The molecule has 34 nitrogen and oxygen atoms in total. The van der Waals surface area contributed by atoms with E-state index >= 15 is 0 Å². The summed E-state index contributed by atoms with van der Waals surface area (Å²) in [5, 5.41) is 99.8. The van der Waals surface area contributed by atoms with Gasteiger partial charge in [-0.15, -0.1) is 10.2 Å². The van der Waals surface area contributed by atoms with Crippen LogP contribution in [0.15, 0.2) is 60.9 Å². The van der Waals surface area contributed by atoms with Crippen LogP contribution in [0.5, 0.6) is 0 Å². The van der Waals surface area contributed by atoms with E-state index in [4.69, 9.17) is 88.7 Å². The van der Waals surface area contributed by atoms with Crippen molar-refractivity contribution in [3.63, 3.8) is 0 Å². The third-order valence-electron chi connectivity index (χ3n) is 28.3. The highest BCUT2D eigenvalue weighted by atomic mass is 16.7. The van der Waals surface area contributed by atoms with E-state index in [1.165, 1.54) is 0 Å². The van der Waals surface area contributed by atoms with Gasteiger partial charge in [-0.1, -0.05) is 121 Å². The first-order valence-electron chi connectivity index (χ1n) is 39.1. The Morgan fingerprint density at radius 2 is 0.719 bits per heavy atom. The molecule has 0 amide bonds. The van der Waals surface area contributed by atoms with Crippen molar-refractivity contribution in [1.29, 1.82) is 0 Å². The second kappa shape index (κ2) is 25.0. The maximum absolute atomic E-state index is 10.6. The van der Waals surface area contributed by atoms with Crippen LogP contribution in [0.4, 0.5) is 0 Å². The number of hydrogen-bond donors (Lipinski definition) is 10. The predicted molar refractivity (Wildman–Crippen MR) is 406 cm³/mol. The highest BCUT2D eigenvalue weighted by Crippen LogP contribution is 2.70. The average molecular weight is 1550 g/mol. The highest BCUT2D eigenvalue weighted by molar-refractivity contribution is 6.03. The minimum absolute atomic E-state index is 0.0287. The molecule has 114 heavy (non-hydrogen) atoms. The molecule has 16 atom stereocenters. The van der Waals surface area contributed by atoms with E-state index in [1.54, 1.807) is 21.8 Å². The van der Waals surface area contributed by atoms with Gasteiger partial charge in [0.15, 0.2) is 58.5 Å². The zero-order chi connectivity index (χ0) is 78.5. The van der Waals surface area contributed by atoms with Gasteiger partial charge in [0.25, 0.3) is 0 Å². The summed E-state index contributed by atoms with van der Waals surface area (Å²) >= 11 is 0. The van der Waals surface area contributed by atoms with Crippen LogP contribution in [-0.4, -0.2) is 238 Å². The van der Waals surface area contributed by atoms with Crippen LogP contribution in [0.1, 0.15) is 153 Å². The molecule has 4 aliphatic heterocycles. The number of H-pyrrole nitrogens is 2. The van der Waals surface area contributed by atoms with Crippen molar-refractivity contribution >= 4 is 44.7 Å². The fourth-order valence-corrected chi connectivity index (χ4v) is 20.2. The maximum atomic E-state index is 10.6. The van der Waals surface area contributed by atoms with Gasteiger partial charge < -0.3 is 69.8 Å². The fraction of sp³-hybridized carbons (Fsp3) is 0.500. The summed E-state index contributed by atoms with van der Waals surface area (Å²) in [5.74, 6) is 1.45. The summed E-state index contributed by atoms with van der Waals surface area (Å²) in [6, 6.07) is 15.3. The minimum Gasteiger partial charge on any atom is -0.394 e. The average Bonchev–Trinajstić information content (AvgIpc) is 1.53. The third kappa shape index (κ3) is 10.1. The number of aromatic amines is 2. The SMILES string of the molecule is CC12CCC(c3nc4c(nc31)-c1nc-4nc3[nH]c(nc4nc(nc5[nH]c(n1)c1nc(-c6ccc(-c7cn(CCO[C@@H]8O[C@H](CO)[C@@H](O)[C@H](O)[C@H]8O)nn7)cc6)c(-c6ccc(-c7cn(CCO[C@@H]8O[C@H](CO)[C@@H](O)[C@H](O)[C@H]8O)nn7)cc6)nc51)-c1nc5c(nc1-4)C1(C)CCC5C1(C)C)c1nc4c(nc31)C1(C)CCC4C1(C)C)C2(C)C. The lowest BCUT2D eigenvalue weighted by Crippen LogP contribution is -2.59. The van der Waals surface area contributed by atoms with E-state index in [1.807, 2.05) is 48.5 Å². The Morgan fingerprint density at radius 3 is 1.10 bits per heavy atom. The lowest BCUT2D eigenvalue weighted by molar-refractivity contribution is -0.301. The first kappa shape index (κ1) is 71.7. The number of fused-ring (bicyclic) bond motifs is 35.